The number of aromatic nitrogens is 4. The van der Waals surface area contributed by atoms with Crippen LogP contribution in [0.5, 0.6) is 0 Å². The number of halogens is 6. The molecule has 0 aliphatic carbocycles. The Hall–Kier alpha value is -2.08. The van der Waals surface area contributed by atoms with Gasteiger partial charge in [0.25, 0.3) is 0 Å². The summed E-state index contributed by atoms with van der Waals surface area (Å²) in [4.78, 5) is 3.67. The molecule has 0 spiro atoms. The number of nitrogens with zero attached hydrogens (tertiary/aromatic N) is 4. The monoisotopic (exact) mass is 398 g/mol. The summed E-state index contributed by atoms with van der Waals surface area (Å²) >= 11 is 0. The van der Waals surface area contributed by atoms with Crippen molar-refractivity contribution in [2.24, 2.45) is 0 Å². The van der Waals surface area contributed by atoms with Crippen molar-refractivity contribution in [3.8, 4) is 11.4 Å². The molecule has 0 fully saturated rings. The molecule has 1 aliphatic rings. The summed E-state index contributed by atoms with van der Waals surface area (Å²) in [6, 6.07) is 0.279. The Balaban J connectivity index is 2.16. The maximum Gasteiger partial charge on any atom is 0.424 e. The Kier molecular flexibility index (Phi) is 3.99. The van der Waals surface area contributed by atoms with Crippen LogP contribution in [0.1, 0.15) is 38.3 Å². The van der Waals surface area contributed by atoms with E-state index in [0.29, 0.717) is 13.8 Å². The smallest absolute Gasteiger partial charge is 0.375 e. The van der Waals surface area contributed by atoms with Crippen LogP contribution in [0.2, 0.25) is 0 Å². The molecule has 0 bridgehead atoms. The lowest BCUT2D eigenvalue weighted by Crippen LogP contribution is -2.42. The SMILES string of the molecule is C[C@H]1Cn2nc([C@](C)(O)C(F)(F)F)cc2-c2cnc([C@@](C)(O)C(F)(F)F)n21. The summed E-state index contributed by atoms with van der Waals surface area (Å²) in [5.74, 6) is -0.672. The van der Waals surface area contributed by atoms with Gasteiger partial charge >= 0.3 is 12.4 Å². The number of imidazole rings is 1. The largest absolute Gasteiger partial charge is 0.424 e. The fourth-order valence-corrected chi connectivity index (χ4v) is 2.96. The van der Waals surface area contributed by atoms with Crippen molar-refractivity contribution in [1.82, 2.24) is 19.3 Å². The van der Waals surface area contributed by atoms with Crippen molar-refractivity contribution in [1.29, 1.82) is 0 Å². The van der Waals surface area contributed by atoms with Gasteiger partial charge in [0.05, 0.1) is 30.2 Å². The molecule has 0 saturated carbocycles. The lowest BCUT2D eigenvalue weighted by Gasteiger charge is -2.31. The maximum absolute atomic E-state index is 13.2. The molecule has 2 N–H and O–H groups in total. The molecule has 0 radical (unpaired) electrons. The first-order valence-corrected chi connectivity index (χ1v) is 7.83. The summed E-state index contributed by atoms with van der Waals surface area (Å²) in [7, 11) is 0. The summed E-state index contributed by atoms with van der Waals surface area (Å²) in [5.41, 5.74) is -7.04. The molecule has 0 amide bonds. The van der Waals surface area contributed by atoms with Gasteiger partial charge in [-0.2, -0.15) is 31.4 Å². The van der Waals surface area contributed by atoms with E-state index in [1.807, 2.05) is 0 Å². The highest BCUT2D eigenvalue weighted by atomic mass is 19.4. The highest BCUT2D eigenvalue weighted by molar-refractivity contribution is 5.58. The second-order valence-corrected chi connectivity index (χ2v) is 6.92. The van der Waals surface area contributed by atoms with Crippen LogP contribution in [0.3, 0.4) is 0 Å². The minimum absolute atomic E-state index is 0.0596. The van der Waals surface area contributed by atoms with Crippen LogP contribution in [-0.4, -0.2) is 41.9 Å². The van der Waals surface area contributed by atoms with E-state index in [-0.39, 0.29) is 17.9 Å². The first-order valence-electron chi connectivity index (χ1n) is 7.83. The fraction of sp³-hybridized carbons (Fsp3) is 0.600. The van der Waals surface area contributed by atoms with Crippen LogP contribution in [0.25, 0.3) is 11.4 Å². The Morgan fingerprint density at radius 2 is 1.56 bits per heavy atom. The van der Waals surface area contributed by atoms with Crippen LogP contribution >= 0.6 is 0 Å². The van der Waals surface area contributed by atoms with Gasteiger partial charge in [0.2, 0.25) is 11.2 Å². The van der Waals surface area contributed by atoms with Crippen LogP contribution < -0.4 is 0 Å². The second-order valence-electron chi connectivity index (χ2n) is 6.92. The van der Waals surface area contributed by atoms with E-state index in [2.05, 4.69) is 10.1 Å². The Morgan fingerprint density at radius 1 is 1.00 bits per heavy atom. The van der Waals surface area contributed by atoms with Crippen molar-refractivity contribution in [3.63, 3.8) is 0 Å². The molecule has 0 saturated heterocycles. The Morgan fingerprint density at radius 3 is 2.07 bits per heavy atom. The fourth-order valence-electron chi connectivity index (χ4n) is 2.96. The van der Waals surface area contributed by atoms with E-state index >= 15 is 0 Å². The minimum atomic E-state index is -5.00. The Bertz CT molecular complexity index is 878. The molecule has 6 nitrogen and oxygen atoms in total. The lowest BCUT2D eigenvalue weighted by atomic mass is 10.0. The number of hydrogen-bond acceptors (Lipinski definition) is 4. The molecule has 0 unspecified atom stereocenters. The van der Waals surface area contributed by atoms with Crippen LogP contribution in [0.4, 0.5) is 26.3 Å². The molecule has 1 aliphatic heterocycles. The highest BCUT2D eigenvalue weighted by Gasteiger charge is 2.56. The van der Waals surface area contributed by atoms with Crippen LogP contribution in [0.15, 0.2) is 12.3 Å². The summed E-state index contributed by atoms with van der Waals surface area (Å²) in [6.45, 7) is 2.56. The summed E-state index contributed by atoms with van der Waals surface area (Å²) in [5, 5.41) is 23.5. The Labute approximate surface area is 149 Å². The van der Waals surface area contributed by atoms with Gasteiger partial charge in [-0.3, -0.25) is 4.68 Å². The van der Waals surface area contributed by atoms with Gasteiger partial charge in [0, 0.05) is 0 Å². The molecule has 12 heteroatoms. The van der Waals surface area contributed by atoms with E-state index in [4.69, 9.17) is 0 Å². The molecular weight excluding hydrogens is 382 g/mol. The predicted molar refractivity (Wildman–Crippen MR) is 79.4 cm³/mol. The van der Waals surface area contributed by atoms with E-state index in [9.17, 15) is 36.6 Å². The third-order valence-corrected chi connectivity index (χ3v) is 4.76. The van der Waals surface area contributed by atoms with E-state index in [1.165, 1.54) is 11.6 Å². The van der Waals surface area contributed by atoms with Gasteiger partial charge in [-0.1, -0.05) is 0 Å². The normalized spacial score (nSPS) is 22.0. The predicted octanol–water partition coefficient (Wildman–Crippen LogP) is 2.86. The molecule has 2 aromatic rings. The van der Waals surface area contributed by atoms with Gasteiger partial charge in [-0.05, 0) is 26.8 Å². The van der Waals surface area contributed by atoms with E-state index in [1.54, 1.807) is 0 Å². The number of rotatable bonds is 2. The average Bonchev–Trinajstić information content (AvgIpc) is 3.08. The number of aliphatic hydroxyl groups is 2. The zero-order valence-electron chi connectivity index (χ0n) is 14.4. The molecule has 3 atom stereocenters. The zero-order chi connectivity index (χ0) is 20.6. The molecule has 27 heavy (non-hydrogen) atoms. The summed E-state index contributed by atoms with van der Waals surface area (Å²) < 4.78 is 81.1. The number of alkyl halides is 6. The second kappa shape index (κ2) is 5.47. The number of hydrogen-bond donors (Lipinski definition) is 2. The lowest BCUT2D eigenvalue weighted by molar-refractivity contribution is -0.262. The van der Waals surface area contributed by atoms with Gasteiger partial charge in [0.1, 0.15) is 5.69 Å². The van der Waals surface area contributed by atoms with Crippen LogP contribution in [0, 0.1) is 0 Å². The quantitative estimate of drug-likeness (QED) is 0.763. The van der Waals surface area contributed by atoms with Crippen molar-refractivity contribution < 1.29 is 36.6 Å². The third-order valence-electron chi connectivity index (χ3n) is 4.76. The highest BCUT2D eigenvalue weighted by Crippen LogP contribution is 2.44. The van der Waals surface area contributed by atoms with Crippen molar-refractivity contribution in [2.45, 2.75) is 56.9 Å². The van der Waals surface area contributed by atoms with Gasteiger partial charge < -0.3 is 14.8 Å². The third kappa shape index (κ3) is 2.73. The van der Waals surface area contributed by atoms with Crippen LogP contribution in [-0.2, 0) is 17.7 Å². The first-order chi connectivity index (χ1) is 12.1. The summed E-state index contributed by atoms with van der Waals surface area (Å²) in [6.07, 6.45) is -8.96. The molecule has 2 aromatic heterocycles. The first kappa shape index (κ1) is 19.7. The minimum Gasteiger partial charge on any atom is -0.375 e. The van der Waals surface area contributed by atoms with Crippen molar-refractivity contribution >= 4 is 0 Å². The van der Waals surface area contributed by atoms with Gasteiger partial charge in [0.15, 0.2) is 5.82 Å². The molecule has 3 rings (SSSR count). The van der Waals surface area contributed by atoms with Gasteiger partial charge in [-0.25, -0.2) is 4.98 Å². The average molecular weight is 398 g/mol. The molecule has 150 valence electrons. The molecular formula is C15H16F6N4O2. The van der Waals surface area contributed by atoms with E-state index < -0.39 is 41.1 Å². The van der Waals surface area contributed by atoms with E-state index in [0.717, 1.165) is 16.8 Å². The van der Waals surface area contributed by atoms with Gasteiger partial charge in [-0.15, -0.1) is 0 Å². The zero-order valence-corrected chi connectivity index (χ0v) is 14.4. The molecule has 3 heterocycles. The van der Waals surface area contributed by atoms with Crippen molar-refractivity contribution in [2.75, 3.05) is 0 Å². The standard InChI is InChI=1S/C15H16F6N4O2/c1-7-6-24-8(4-10(23-24)12(2,26)14(16,17)18)9-5-22-11(25(7)9)13(3,27)15(19,20)21/h4-5,7,26-27H,6H2,1-3H3/t7-,12-,13+/m0/s1. The molecule has 0 aromatic carbocycles. The topological polar surface area (TPSA) is 76.1 Å². The van der Waals surface area contributed by atoms with Crippen molar-refractivity contribution in [3.05, 3.63) is 23.8 Å². The maximum atomic E-state index is 13.2. The number of fused-ring (bicyclic) bond motifs is 3.